The van der Waals surface area contributed by atoms with E-state index in [1.54, 1.807) is 25.1 Å². The van der Waals surface area contributed by atoms with Gasteiger partial charge < -0.3 is 14.8 Å². The van der Waals surface area contributed by atoms with Gasteiger partial charge in [-0.15, -0.1) is 11.3 Å². The second-order valence-corrected chi connectivity index (χ2v) is 8.60. The number of carbonyl (C=O) groups is 3. The molecule has 1 N–H and O–H groups in total. The number of benzene rings is 2. The fourth-order valence-corrected chi connectivity index (χ4v) is 4.49. The Morgan fingerprint density at radius 1 is 1.06 bits per heavy atom. The molecule has 0 unspecified atom stereocenters. The highest BCUT2D eigenvalue weighted by atomic mass is 32.1. The van der Waals surface area contributed by atoms with Crippen molar-refractivity contribution in [2.75, 3.05) is 12.4 Å². The Morgan fingerprint density at radius 3 is 2.57 bits per heavy atom. The Hall–Kier alpha value is -4.31. The Balaban J connectivity index is 1.51. The number of methoxy groups -OCH3 is 1. The fraction of sp³-hybridized carbons (Fsp3) is 0.160. The number of hydrogen-bond donors (Lipinski definition) is 1. The van der Waals surface area contributed by atoms with Gasteiger partial charge in [-0.05, 0) is 36.2 Å². The Morgan fingerprint density at radius 2 is 1.83 bits per heavy atom. The smallest absolute Gasteiger partial charge is 0.349 e. The maximum absolute atomic E-state index is 13.1. The summed E-state index contributed by atoms with van der Waals surface area (Å²) in [6.07, 6.45) is 1.27. The molecule has 35 heavy (non-hydrogen) atoms. The first-order valence-electron chi connectivity index (χ1n) is 10.5. The minimum Gasteiger partial charge on any atom is -0.465 e. The molecule has 9 nitrogen and oxygen atoms in total. The van der Waals surface area contributed by atoms with Crippen LogP contribution in [0, 0.1) is 6.92 Å². The third-order valence-corrected chi connectivity index (χ3v) is 6.38. The first kappa shape index (κ1) is 23.8. The summed E-state index contributed by atoms with van der Waals surface area (Å²) in [4.78, 5) is 54.9. The van der Waals surface area contributed by atoms with E-state index in [4.69, 9.17) is 4.74 Å². The Labute approximate surface area is 203 Å². The average molecular weight is 492 g/mol. The zero-order valence-electron chi connectivity index (χ0n) is 18.9. The summed E-state index contributed by atoms with van der Waals surface area (Å²) in [6, 6.07) is 15.5. The van der Waals surface area contributed by atoms with Crippen molar-refractivity contribution in [3.63, 3.8) is 0 Å². The maximum atomic E-state index is 13.1. The van der Waals surface area contributed by atoms with Gasteiger partial charge in [-0.1, -0.05) is 36.4 Å². The molecule has 0 bridgehead atoms. The SMILES string of the molecule is COC(=O)c1cccc(NC(=O)Cn2cnc3sc(C(=O)OCc4ccccc4)c(C)c3c2=O)c1. The number of anilines is 1. The highest BCUT2D eigenvalue weighted by Gasteiger charge is 2.21. The van der Waals surface area contributed by atoms with Crippen molar-refractivity contribution in [3.05, 3.63) is 92.8 Å². The summed E-state index contributed by atoms with van der Waals surface area (Å²) in [5.74, 6) is -1.55. The number of carbonyl (C=O) groups excluding carboxylic acids is 3. The van der Waals surface area contributed by atoms with Gasteiger partial charge in [-0.3, -0.25) is 14.2 Å². The van der Waals surface area contributed by atoms with E-state index in [-0.39, 0.29) is 24.1 Å². The third kappa shape index (κ3) is 5.28. The summed E-state index contributed by atoms with van der Waals surface area (Å²) < 4.78 is 11.2. The van der Waals surface area contributed by atoms with Crippen LogP contribution in [0.2, 0.25) is 0 Å². The first-order valence-corrected chi connectivity index (χ1v) is 11.4. The minimum absolute atomic E-state index is 0.113. The van der Waals surface area contributed by atoms with Gasteiger partial charge in [0, 0.05) is 5.69 Å². The van der Waals surface area contributed by atoms with E-state index in [2.05, 4.69) is 15.0 Å². The van der Waals surface area contributed by atoms with E-state index in [1.807, 2.05) is 30.3 Å². The number of fused-ring (bicyclic) bond motifs is 1. The van der Waals surface area contributed by atoms with Crippen molar-refractivity contribution in [1.82, 2.24) is 9.55 Å². The summed E-state index contributed by atoms with van der Waals surface area (Å²) in [5, 5.41) is 2.92. The summed E-state index contributed by atoms with van der Waals surface area (Å²) in [7, 11) is 1.27. The van der Waals surface area contributed by atoms with Crippen LogP contribution in [-0.2, 0) is 27.4 Å². The van der Waals surface area contributed by atoms with Gasteiger partial charge in [-0.2, -0.15) is 0 Å². The predicted octanol–water partition coefficient (Wildman–Crippen LogP) is 3.55. The molecule has 2 aromatic carbocycles. The molecule has 0 spiro atoms. The van der Waals surface area contributed by atoms with Crippen LogP contribution in [-0.4, -0.2) is 34.5 Å². The predicted molar refractivity (Wildman–Crippen MR) is 131 cm³/mol. The second kappa shape index (κ2) is 10.3. The number of aryl methyl sites for hydroxylation is 1. The molecular weight excluding hydrogens is 470 g/mol. The van der Waals surface area contributed by atoms with Gasteiger partial charge in [0.25, 0.3) is 5.56 Å². The van der Waals surface area contributed by atoms with Crippen molar-refractivity contribution in [2.24, 2.45) is 0 Å². The topological polar surface area (TPSA) is 117 Å². The minimum atomic E-state index is -0.538. The van der Waals surface area contributed by atoms with Crippen molar-refractivity contribution in [3.8, 4) is 0 Å². The Bertz CT molecular complexity index is 1480. The van der Waals surface area contributed by atoms with Gasteiger partial charge >= 0.3 is 11.9 Å². The largest absolute Gasteiger partial charge is 0.465 e. The van der Waals surface area contributed by atoms with E-state index < -0.39 is 23.4 Å². The number of rotatable bonds is 7. The highest BCUT2D eigenvalue weighted by molar-refractivity contribution is 7.20. The Kier molecular flexibility index (Phi) is 7.02. The fourth-order valence-electron chi connectivity index (χ4n) is 3.45. The molecule has 4 rings (SSSR count). The van der Waals surface area contributed by atoms with E-state index in [9.17, 15) is 19.2 Å². The van der Waals surface area contributed by atoms with E-state index in [0.29, 0.717) is 21.0 Å². The summed E-state index contributed by atoms with van der Waals surface area (Å²) in [5.41, 5.74) is 1.54. The molecule has 178 valence electrons. The van der Waals surface area contributed by atoms with Crippen LogP contribution in [0.4, 0.5) is 5.69 Å². The number of ether oxygens (including phenoxy) is 2. The van der Waals surface area contributed by atoms with Gasteiger partial charge in [0.05, 0.1) is 24.4 Å². The molecule has 0 aliphatic heterocycles. The standard InChI is InChI=1S/C25H21N3O6S/c1-15-20-22(35-21(15)25(32)34-13-16-7-4-3-5-8-16)26-14-28(23(20)30)12-19(29)27-18-10-6-9-17(11-18)24(31)33-2/h3-11,14H,12-13H2,1-2H3,(H,27,29). The average Bonchev–Trinajstić information content (AvgIpc) is 3.21. The van der Waals surface area contributed by atoms with E-state index in [1.165, 1.54) is 24.1 Å². The molecule has 0 aliphatic rings. The maximum Gasteiger partial charge on any atom is 0.349 e. The van der Waals surface area contributed by atoms with Crippen molar-refractivity contribution >= 4 is 45.1 Å². The molecule has 0 saturated heterocycles. The van der Waals surface area contributed by atoms with E-state index >= 15 is 0 Å². The van der Waals surface area contributed by atoms with Crippen molar-refractivity contribution in [1.29, 1.82) is 0 Å². The normalized spacial score (nSPS) is 10.7. The van der Waals surface area contributed by atoms with Crippen LogP contribution in [0.3, 0.4) is 0 Å². The molecule has 1 amide bonds. The molecule has 0 saturated carbocycles. The van der Waals surface area contributed by atoms with Crippen LogP contribution in [0.15, 0.2) is 65.7 Å². The zero-order chi connectivity index (χ0) is 24.9. The van der Waals surface area contributed by atoms with Crippen LogP contribution in [0.25, 0.3) is 10.2 Å². The van der Waals surface area contributed by atoms with Gasteiger partial charge in [0.1, 0.15) is 22.9 Å². The van der Waals surface area contributed by atoms with Crippen LogP contribution < -0.4 is 10.9 Å². The lowest BCUT2D eigenvalue weighted by atomic mass is 10.2. The number of esters is 2. The van der Waals surface area contributed by atoms with Gasteiger partial charge in [0.2, 0.25) is 5.91 Å². The number of amides is 1. The summed E-state index contributed by atoms with van der Waals surface area (Å²) in [6.45, 7) is 1.47. The lowest BCUT2D eigenvalue weighted by molar-refractivity contribution is -0.116. The second-order valence-electron chi connectivity index (χ2n) is 7.60. The molecule has 0 atom stereocenters. The molecule has 2 aromatic heterocycles. The monoisotopic (exact) mass is 491 g/mol. The van der Waals surface area contributed by atoms with E-state index in [0.717, 1.165) is 16.9 Å². The quantitative estimate of drug-likeness (QED) is 0.393. The van der Waals surface area contributed by atoms with Crippen LogP contribution in [0.1, 0.15) is 31.2 Å². The molecule has 0 fully saturated rings. The number of nitrogens with one attached hydrogen (secondary N) is 1. The molecule has 0 radical (unpaired) electrons. The van der Waals surface area contributed by atoms with Gasteiger partial charge in [0.15, 0.2) is 0 Å². The lowest BCUT2D eigenvalue weighted by Crippen LogP contribution is -2.28. The number of nitrogens with zero attached hydrogens (tertiary/aromatic N) is 2. The zero-order valence-corrected chi connectivity index (χ0v) is 19.8. The molecule has 4 aromatic rings. The van der Waals surface area contributed by atoms with Crippen LogP contribution >= 0.6 is 11.3 Å². The van der Waals surface area contributed by atoms with Gasteiger partial charge in [-0.25, -0.2) is 14.6 Å². The first-order chi connectivity index (χ1) is 16.9. The third-order valence-electron chi connectivity index (χ3n) is 5.20. The highest BCUT2D eigenvalue weighted by Crippen LogP contribution is 2.27. The van der Waals surface area contributed by atoms with Crippen molar-refractivity contribution < 1.29 is 23.9 Å². The lowest BCUT2D eigenvalue weighted by Gasteiger charge is -2.08. The number of aromatic nitrogens is 2. The molecule has 10 heteroatoms. The summed E-state index contributed by atoms with van der Waals surface area (Å²) >= 11 is 1.07. The number of hydrogen-bond acceptors (Lipinski definition) is 8. The molecule has 0 aliphatic carbocycles. The number of thiophene rings is 1. The molecule has 2 heterocycles. The molecular formula is C25H21N3O6S. The van der Waals surface area contributed by atoms with Crippen LogP contribution in [0.5, 0.6) is 0 Å². The van der Waals surface area contributed by atoms with Crippen molar-refractivity contribution in [2.45, 2.75) is 20.1 Å².